The van der Waals surface area contributed by atoms with Crippen LogP contribution in [0.1, 0.15) is 31.7 Å². The fraction of sp³-hybridized carbons (Fsp3) is 0.500. The molecule has 0 aromatic heterocycles. The van der Waals surface area contributed by atoms with Gasteiger partial charge >= 0.3 is 0 Å². The van der Waals surface area contributed by atoms with Gasteiger partial charge in [0.2, 0.25) is 0 Å². The third-order valence-corrected chi connectivity index (χ3v) is 3.19. The van der Waals surface area contributed by atoms with Gasteiger partial charge in [-0.25, -0.2) is 8.78 Å². The normalized spacial score (nSPS) is 35.7. The molecule has 0 aliphatic heterocycles. The van der Waals surface area contributed by atoms with Gasteiger partial charge < -0.3 is 5.73 Å². The predicted octanol–water partition coefficient (Wildman–Crippen LogP) is 2.89. The molecule has 0 heterocycles. The summed E-state index contributed by atoms with van der Waals surface area (Å²) >= 11 is 0. The number of hydrogen-bond acceptors (Lipinski definition) is 1. The molecule has 2 unspecified atom stereocenters. The van der Waals surface area contributed by atoms with Crippen molar-refractivity contribution < 1.29 is 8.78 Å². The van der Waals surface area contributed by atoms with E-state index in [1.165, 1.54) is 13.0 Å². The van der Waals surface area contributed by atoms with Crippen LogP contribution in [0.4, 0.5) is 8.78 Å². The number of nitrogens with two attached hydrogens (primary N) is 1. The third-order valence-electron chi connectivity index (χ3n) is 3.19. The number of alkyl halides is 1. The first-order valence-electron chi connectivity index (χ1n) is 5.16. The zero-order chi connectivity index (χ0) is 11.1. The van der Waals surface area contributed by atoms with E-state index in [1.807, 2.05) is 0 Å². The highest BCUT2D eigenvalue weighted by atomic mass is 19.1. The Morgan fingerprint density at radius 1 is 1.27 bits per heavy atom. The second-order valence-electron chi connectivity index (χ2n) is 4.73. The van der Waals surface area contributed by atoms with E-state index in [-0.39, 0.29) is 12.2 Å². The molecule has 2 rings (SSSR count). The average molecular weight is 211 g/mol. The summed E-state index contributed by atoms with van der Waals surface area (Å²) in [6.07, 6.45) is 1.10. The van der Waals surface area contributed by atoms with Crippen LogP contribution in [0.15, 0.2) is 24.3 Å². The van der Waals surface area contributed by atoms with Crippen molar-refractivity contribution >= 4 is 0 Å². The molecule has 0 spiro atoms. The van der Waals surface area contributed by atoms with Gasteiger partial charge in [0.25, 0.3) is 0 Å². The summed E-state index contributed by atoms with van der Waals surface area (Å²) in [5.74, 6) is -0.335. The molecule has 15 heavy (non-hydrogen) atoms. The Kier molecular flexibility index (Phi) is 2.30. The maximum Gasteiger partial charge on any atom is 0.128 e. The molecule has 1 fully saturated rings. The molecule has 2 atom stereocenters. The van der Waals surface area contributed by atoms with Crippen molar-refractivity contribution in [1.29, 1.82) is 0 Å². The van der Waals surface area contributed by atoms with Gasteiger partial charge in [-0.2, -0.15) is 0 Å². The van der Waals surface area contributed by atoms with Crippen molar-refractivity contribution in [3.05, 3.63) is 35.6 Å². The van der Waals surface area contributed by atoms with Crippen LogP contribution in [-0.4, -0.2) is 5.67 Å². The molecule has 1 saturated carbocycles. The van der Waals surface area contributed by atoms with Gasteiger partial charge in [-0.15, -0.1) is 0 Å². The maximum atomic E-state index is 13.7. The van der Waals surface area contributed by atoms with Gasteiger partial charge in [0.15, 0.2) is 0 Å². The van der Waals surface area contributed by atoms with E-state index in [0.717, 1.165) is 0 Å². The minimum Gasteiger partial charge on any atom is -0.321 e. The number of benzene rings is 1. The largest absolute Gasteiger partial charge is 0.321 e. The van der Waals surface area contributed by atoms with E-state index in [1.54, 1.807) is 18.2 Å². The summed E-state index contributed by atoms with van der Waals surface area (Å²) in [5, 5.41) is 0. The molecular weight excluding hydrogens is 196 g/mol. The Hall–Kier alpha value is -0.960. The Labute approximate surface area is 88.3 Å². The minimum atomic E-state index is -1.27. The molecule has 0 bridgehead atoms. The van der Waals surface area contributed by atoms with Gasteiger partial charge in [0.05, 0.1) is 0 Å². The first kappa shape index (κ1) is 10.6. The molecule has 1 nitrogen and oxygen atoms in total. The lowest BCUT2D eigenvalue weighted by Gasteiger charge is -2.25. The van der Waals surface area contributed by atoms with Gasteiger partial charge in [-0.3, -0.25) is 0 Å². The zero-order valence-corrected chi connectivity index (χ0v) is 8.76. The summed E-state index contributed by atoms with van der Waals surface area (Å²) in [6.45, 7) is 1.53. The Morgan fingerprint density at radius 2 is 1.93 bits per heavy atom. The number of hydrogen-bond donors (Lipinski definition) is 1. The predicted molar refractivity (Wildman–Crippen MR) is 55.6 cm³/mol. The van der Waals surface area contributed by atoms with Crippen LogP contribution in [0.2, 0.25) is 0 Å². The van der Waals surface area contributed by atoms with Crippen LogP contribution in [0.3, 0.4) is 0 Å². The van der Waals surface area contributed by atoms with Crippen LogP contribution >= 0.6 is 0 Å². The highest BCUT2D eigenvalue weighted by Crippen LogP contribution is 2.44. The standard InChI is InChI=1S/C12H15F2N/c1-11(14)6-7-12(15,8-11)9-4-2-3-5-10(9)13/h2-5H,6-8,15H2,1H3. The molecule has 1 aromatic carbocycles. The second kappa shape index (κ2) is 3.27. The van der Waals surface area contributed by atoms with Crippen LogP contribution in [0.25, 0.3) is 0 Å². The summed E-state index contributed by atoms with van der Waals surface area (Å²) in [6, 6.07) is 6.38. The highest BCUT2D eigenvalue weighted by Gasteiger charge is 2.45. The van der Waals surface area contributed by atoms with E-state index in [4.69, 9.17) is 5.73 Å². The van der Waals surface area contributed by atoms with Crippen molar-refractivity contribution in [2.24, 2.45) is 5.73 Å². The van der Waals surface area contributed by atoms with Crippen molar-refractivity contribution in [2.45, 2.75) is 37.4 Å². The molecule has 0 saturated heterocycles. The summed E-state index contributed by atoms with van der Waals surface area (Å²) in [4.78, 5) is 0. The number of rotatable bonds is 1. The van der Waals surface area contributed by atoms with E-state index in [9.17, 15) is 8.78 Å². The summed E-state index contributed by atoms with van der Waals surface area (Å²) < 4.78 is 27.3. The molecule has 3 heteroatoms. The smallest absolute Gasteiger partial charge is 0.128 e. The Balaban J connectivity index is 2.36. The molecular formula is C12H15F2N. The van der Waals surface area contributed by atoms with Gasteiger partial charge in [0, 0.05) is 17.5 Å². The van der Waals surface area contributed by atoms with E-state index >= 15 is 0 Å². The molecule has 2 N–H and O–H groups in total. The first-order chi connectivity index (χ1) is 6.93. The number of halogens is 2. The Morgan fingerprint density at radius 3 is 2.47 bits per heavy atom. The summed E-state index contributed by atoms with van der Waals surface area (Å²) in [7, 11) is 0. The van der Waals surface area contributed by atoms with E-state index < -0.39 is 11.2 Å². The lowest BCUT2D eigenvalue weighted by molar-refractivity contribution is 0.186. The monoisotopic (exact) mass is 211 g/mol. The highest BCUT2D eigenvalue weighted by molar-refractivity contribution is 5.28. The molecule has 1 aromatic rings. The topological polar surface area (TPSA) is 26.0 Å². The molecule has 0 amide bonds. The molecule has 0 radical (unpaired) electrons. The molecule has 82 valence electrons. The quantitative estimate of drug-likeness (QED) is 0.759. The molecule has 1 aliphatic carbocycles. The van der Waals surface area contributed by atoms with Crippen LogP contribution in [0.5, 0.6) is 0 Å². The third kappa shape index (κ3) is 1.88. The van der Waals surface area contributed by atoms with Crippen LogP contribution in [0, 0.1) is 5.82 Å². The minimum absolute atomic E-state index is 0.195. The van der Waals surface area contributed by atoms with Crippen LogP contribution < -0.4 is 5.73 Å². The van der Waals surface area contributed by atoms with E-state index in [2.05, 4.69) is 0 Å². The Bertz CT molecular complexity index is 376. The van der Waals surface area contributed by atoms with Crippen molar-refractivity contribution in [1.82, 2.24) is 0 Å². The lowest BCUT2D eigenvalue weighted by Crippen LogP contribution is -2.36. The average Bonchev–Trinajstić information content (AvgIpc) is 2.42. The fourth-order valence-electron chi connectivity index (χ4n) is 2.41. The lowest BCUT2D eigenvalue weighted by atomic mass is 9.88. The van der Waals surface area contributed by atoms with Crippen molar-refractivity contribution in [2.75, 3.05) is 0 Å². The van der Waals surface area contributed by atoms with Crippen molar-refractivity contribution in [3.8, 4) is 0 Å². The SMILES string of the molecule is CC1(F)CCC(N)(c2ccccc2F)C1. The second-order valence-corrected chi connectivity index (χ2v) is 4.73. The summed E-state index contributed by atoms with van der Waals surface area (Å²) in [5.41, 5.74) is 4.41. The zero-order valence-electron chi connectivity index (χ0n) is 8.76. The fourth-order valence-corrected chi connectivity index (χ4v) is 2.41. The maximum absolute atomic E-state index is 13.7. The van der Waals surface area contributed by atoms with Crippen molar-refractivity contribution in [3.63, 3.8) is 0 Å². The van der Waals surface area contributed by atoms with Gasteiger partial charge in [0.1, 0.15) is 11.5 Å². The van der Waals surface area contributed by atoms with Gasteiger partial charge in [-0.1, -0.05) is 18.2 Å². The van der Waals surface area contributed by atoms with E-state index in [0.29, 0.717) is 18.4 Å². The van der Waals surface area contributed by atoms with Gasteiger partial charge in [-0.05, 0) is 25.8 Å². The van der Waals surface area contributed by atoms with Crippen LogP contribution in [-0.2, 0) is 5.54 Å². The molecule has 1 aliphatic rings. The first-order valence-corrected chi connectivity index (χ1v) is 5.16.